The number of phenols is 1. The monoisotopic (exact) mass is 165 g/mol. The summed E-state index contributed by atoms with van der Waals surface area (Å²) in [4.78, 5) is 4.61. The van der Waals surface area contributed by atoms with Crippen LogP contribution in [0.4, 0.5) is 0 Å². The van der Waals surface area contributed by atoms with Gasteiger partial charge in [-0.15, -0.1) is 0 Å². The first kappa shape index (κ1) is 8.59. The molecule has 0 saturated carbocycles. The number of benzene rings is 1. The van der Waals surface area contributed by atoms with E-state index in [1.807, 2.05) is 6.92 Å². The molecule has 0 fully saturated rings. The molecule has 0 unspecified atom stereocenters. The highest BCUT2D eigenvalue weighted by Crippen LogP contribution is 2.10. The van der Waals surface area contributed by atoms with Crippen molar-refractivity contribution in [1.82, 2.24) is 0 Å². The van der Waals surface area contributed by atoms with Crippen molar-refractivity contribution in [3.05, 3.63) is 29.8 Å². The smallest absolute Gasteiger partial charge is 0.115 e. The second-order valence-electron chi connectivity index (χ2n) is 2.41. The topological polar surface area (TPSA) is 41.8 Å². The summed E-state index contributed by atoms with van der Waals surface area (Å²) in [6, 6.07) is 6.80. The Morgan fingerprint density at radius 2 is 1.92 bits per heavy atom. The van der Waals surface area contributed by atoms with E-state index in [0.717, 1.165) is 11.3 Å². The molecular weight excluding hydrogens is 154 g/mol. The largest absolute Gasteiger partial charge is 0.508 e. The minimum Gasteiger partial charge on any atom is -0.508 e. The van der Waals surface area contributed by atoms with Gasteiger partial charge in [-0.3, -0.25) is 0 Å². The van der Waals surface area contributed by atoms with Crippen LogP contribution in [0.5, 0.6) is 5.75 Å². The summed E-state index contributed by atoms with van der Waals surface area (Å²) >= 11 is 0. The van der Waals surface area contributed by atoms with Crippen LogP contribution < -0.4 is 0 Å². The molecule has 0 heterocycles. The van der Waals surface area contributed by atoms with E-state index in [9.17, 15) is 0 Å². The van der Waals surface area contributed by atoms with Crippen LogP contribution in [-0.4, -0.2) is 17.9 Å². The minimum atomic E-state index is 0.254. The van der Waals surface area contributed by atoms with E-state index in [0.29, 0.717) is 0 Å². The fourth-order valence-corrected chi connectivity index (χ4v) is 0.892. The van der Waals surface area contributed by atoms with Crippen molar-refractivity contribution in [3.63, 3.8) is 0 Å². The Kier molecular flexibility index (Phi) is 2.69. The normalized spacial score (nSPS) is 11.3. The van der Waals surface area contributed by atoms with Crippen molar-refractivity contribution in [2.24, 2.45) is 5.16 Å². The summed E-state index contributed by atoms with van der Waals surface area (Å²) in [5.74, 6) is 0.254. The first-order valence-corrected chi connectivity index (χ1v) is 3.61. The van der Waals surface area contributed by atoms with E-state index in [-0.39, 0.29) is 5.75 Å². The second kappa shape index (κ2) is 3.76. The molecule has 1 aromatic rings. The summed E-state index contributed by atoms with van der Waals surface area (Å²) in [7, 11) is 1.50. The molecule has 1 aromatic carbocycles. The number of nitrogens with zero attached hydrogens (tertiary/aromatic N) is 1. The molecule has 0 spiro atoms. The van der Waals surface area contributed by atoms with Gasteiger partial charge in [-0.2, -0.15) is 0 Å². The molecule has 64 valence electrons. The zero-order chi connectivity index (χ0) is 8.97. The number of aromatic hydroxyl groups is 1. The van der Waals surface area contributed by atoms with Crippen LogP contribution in [0, 0.1) is 0 Å². The van der Waals surface area contributed by atoms with Crippen LogP contribution in [0.15, 0.2) is 29.4 Å². The molecule has 0 aliphatic rings. The van der Waals surface area contributed by atoms with Crippen molar-refractivity contribution in [3.8, 4) is 5.75 Å². The van der Waals surface area contributed by atoms with E-state index in [4.69, 9.17) is 5.11 Å². The lowest BCUT2D eigenvalue weighted by Crippen LogP contribution is -1.93. The van der Waals surface area contributed by atoms with Crippen molar-refractivity contribution in [2.45, 2.75) is 6.92 Å². The summed E-state index contributed by atoms with van der Waals surface area (Å²) in [6.45, 7) is 1.84. The average molecular weight is 165 g/mol. The highest BCUT2D eigenvalue weighted by Gasteiger charge is 1.96. The van der Waals surface area contributed by atoms with E-state index in [2.05, 4.69) is 9.99 Å². The molecule has 0 aliphatic carbocycles. The molecule has 0 amide bonds. The van der Waals surface area contributed by atoms with Crippen LogP contribution >= 0.6 is 0 Å². The molecule has 1 rings (SSSR count). The number of phenolic OH excluding ortho intramolecular Hbond substituents is 1. The first-order valence-electron chi connectivity index (χ1n) is 3.61. The van der Waals surface area contributed by atoms with Gasteiger partial charge in [-0.1, -0.05) is 5.16 Å². The number of hydrogen-bond donors (Lipinski definition) is 1. The lowest BCUT2D eigenvalue weighted by Gasteiger charge is -1.98. The summed E-state index contributed by atoms with van der Waals surface area (Å²) in [5, 5.41) is 12.8. The fourth-order valence-electron chi connectivity index (χ4n) is 0.892. The number of hydrogen-bond acceptors (Lipinski definition) is 3. The van der Waals surface area contributed by atoms with E-state index in [1.165, 1.54) is 7.11 Å². The van der Waals surface area contributed by atoms with Gasteiger partial charge in [0.15, 0.2) is 0 Å². The summed E-state index contributed by atoms with van der Waals surface area (Å²) in [6.07, 6.45) is 0. The maximum absolute atomic E-state index is 9.00. The van der Waals surface area contributed by atoms with E-state index in [1.54, 1.807) is 24.3 Å². The minimum absolute atomic E-state index is 0.254. The second-order valence-corrected chi connectivity index (χ2v) is 2.41. The van der Waals surface area contributed by atoms with Crippen LogP contribution in [0.2, 0.25) is 0 Å². The zero-order valence-corrected chi connectivity index (χ0v) is 7.11. The molecule has 0 bridgehead atoms. The van der Waals surface area contributed by atoms with Crippen LogP contribution in [0.3, 0.4) is 0 Å². The van der Waals surface area contributed by atoms with Gasteiger partial charge in [0, 0.05) is 0 Å². The molecule has 1 N–H and O–H groups in total. The Bertz CT molecular complexity index is 277. The Hall–Kier alpha value is -1.51. The lowest BCUT2D eigenvalue weighted by atomic mass is 10.1. The predicted molar refractivity (Wildman–Crippen MR) is 47.3 cm³/mol. The Labute approximate surface area is 71.3 Å². The molecule has 0 atom stereocenters. The SMILES string of the molecule is CO/N=C(\C)c1ccc(O)cc1. The standard InChI is InChI=1S/C9H11NO2/c1-7(10-12-2)8-3-5-9(11)6-4-8/h3-6,11H,1-2H3/b10-7+. The Morgan fingerprint density at radius 3 is 2.42 bits per heavy atom. The molecule has 3 nitrogen and oxygen atoms in total. The molecular formula is C9H11NO2. The molecule has 0 aromatic heterocycles. The summed E-state index contributed by atoms with van der Waals surface area (Å²) in [5.41, 5.74) is 1.73. The number of rotatable bonds is 2. The van der Waals surface area contributed by atoms with Crippen molar-refractivity contribution in [1.29, 1.82) is 0 Å². The van der Waals surface area contributed by atoms with Gasteiger partial charge in [0.05, 0.1) is 5.71 Å². The van der Waals surface area contributed by atoms with Crippen LogP contribution in [0.1, 0.15) is 12.5 Å². The highest BCUT2D eigenvalue weighted by atomic mass is 16.6. The quantitative estimate of drug-likeness (QED) is 0.536. The van der Waals surface area contributed by atoms with Crippen molar-refractivity contribution in [2.75, 3.05) is 7.11 Å². The molecule has 12 heavy (non-hydrogen) atoms. The fraction of sp³-hybridized carbons (Fsp3) is 0.222. The van der Waals surface area contributed by atoms with Gasteiger partial charge in [0.1, 0.15) is 12.9 Å². The van der Waals surface area contributed by atoms with Gasteiger partial charge in [-0.25, -0.2) is 0 Å². The Balaban J connectivity index is 2.89. The number of oxime groups is 1. The van der Waals surface area contributed by atoms with E-state index < -0.39 is 0 Å². The molecule has 0 radical (unpaired) electrons. The maximum Gasteiger partial charge on any atom is 0.115 e. The van der Waals surface area contributed by atoms with Gasteiger partial charge >= 0.3 is 0 Å². The lowest BCUT2D eigenvalue weighted by molar-refractivity contribution is 0.213. The molecule has 3 heteroatoms. The molecule has 0 aliphatic heterocycles. The third-order valence-electron chi connectivity index (χ3n) is 1.51. The van der Waals surface area contributed by atoms with E-state index >= 15 is 0 Å². The van der Waals surface area contributed by atoms with Gasteiger partial charge in [-0.05, 0) is 36.8 Å². The van der Waals surface area contributed by atoms with Crippen molar-refractivity contribution >= 4 is 5.71 Å². The van der Waals surface area contributed by atoms with Crippen LogP contribution in [0.25, 0.3) is 0 Å². The van der Waals surface area contributed by atoms with Gasteiger partial charge < -0.3 is 9.94 Å². The van der Waals surface area contributed by atoms with Crippen molar-refractivity contribution < 1.29 is 9.94 Å². The predicted octanol–water partition coefficient (Wildman–Crippen LogP) is 1.76. The maximum atomic E-state index is 9.00. The van der Waals surface area contributed by atoms with Gasteiger partial charge in [0.25, 0.3) is 0 Å². The third-order valence-corrected chi connectivity index (χ3v) is 1.51. The van der Waals surface area contributed by atoms with Gasteiger partial charge in [0.2, 0.25) is 0 Å². The zero-order valence-electron chi connectivity index (χ0n) is 7.11. The highest BCUT2D eigenvalue weighted by molar-refractivity contribution is 5.98. The molecule has 0 saturated heterocycles. The van der Waals surface area contributed by atoms with Crippen LogP contribution in [-0.2, 0) is 4.84 Å². The summed E-state index contributed by atoms with van der Waals surface area (Å²) < 4.78 is 0. The Morgan fingerprint density at radius 1 is 1.33 bits per heavy atom. The average Bonchev–Trinajstić information content (AvgIpc) is 2.06. The third kappa shape index (κ3) is 1.99. The first-order chi connectivity index (χ1) is 5.74.